The van der Waals surface area contributed by atoms with Gasteiger partial charge in [-0.1, -0.05) is 13.0 Å². The summed E-state index contributed by atoms with van der Waals surface area (Å²) in [6.45, 7) is 2.71. The van der Waals surface area contributed by atoms with Gasteiger partial charge in [-0.3, -0.25) is 10.1 Å². The molecule has 0 saturated heterocycles. The van der Waals surface area contributed by atoms with Crippen LogP contribution in [0.1, 0.15) is 17.4 Å². The van der Waals surface area contributed by atoms with Crippen LogP contribution in [0, 0.1) is 10.1 Å². The van der Waals surface area contributed by atoms with Crippen LogP contribution in [0.2, 0.25) is 0 Å². The Hall–Kier alpha value is -2.08. The molecule has 0 amide bonds. The fourth-order valence-electron chi connectivity index (χ4n) is 2.10. The number of rotatable bonds is 6. The van der Waals surface area contributed by atoms with Crippen molar-refractivity contribution in [3.63, 3.8) is 0 Å². The predicted octanol–water partition coefficient (Wildman–Crippen LogP) is 3.87. The molecule has 2 rings (SSSR count). The average Bonchev–Trinajstić information content (AvgIpc) is 2.91. The van der Waals surface area contributed by atoms with Crippen molar-refractivity contribution in [2.45, 2.75) is 19.9 Å². The summed E-state index contributed by atoms with van der Waals surface area (Å²) >= 11 is 1.67. The Bertz CT molecular complexity index is 610. The minimum Gasteiger partial charge on any atom is -0.382 e. The molecule has 0 unspecified atom stereocenters. The maximum Gasteiger partial charge on any atom is 0.315 e. The van der Waals surface area contributed by atoms with Gasteiger partial charge in [-0.25, -0.2) is 0 Å². The van der Waals surface area contributed by atoms with E-state index in [0.29, 0.717) is 17.9 Å². The third kappa shape index (κ3) is 2.91. The lowest BCUT2D eigenvalue weighted by Crippen LogP contribution is -2.05. The number of aryl methyl sites for hydroxylation is 1. The number of nitro groups is 1. The summed E-state index contributed by atoms with van der Waals surface area (Å²) in [4.78, 5) is 12.1. The van der Waals surface area contributed by atoms with E-state index in [1.165, 1.54) is 10.4 Å². The molecular formula is C14H17N3O2S. The van der Waals surface area contributed by atoms with Crippen LogP contribution in [0.5, 0.6) is 0 Å². The number of nitrogens with one attached hydrogen (secondary N) is 2. The van der Waals surface area contributed by atoms with Crippen molar-refractivity contribution < 1.29 is 4.92 Å². The van der Waals surface area contributed by atoms with E-state index in [-0.39, 0.29) is 10.6 Å². The number of nitrogens with zero attached hydrogens (tertiary/aromatic N) is 1. The summed E-state index contributed by atoms with van der Waals surface area (Å²) in [6, 6.07) is 7.33. The first-order valence-corrected chi connectivity index (χ1v) is 7.29. The Morgan fingerprint density at radius 3 is 2.70 bits per heavy atom. The molecule has 5 nitrogen and oxygen atoms in total. The molecule has 0 saturated carbocycles. The average molecular weight is 291 g/mol. The summed E-state index contributed by atoms with van der Waals surface area (Å²) in [7, 11) is 1.68. The van der Waals surface area contributed by atoms with Crippen molar-refractivity contribution in [1.29, 1.82) is 0 Å². The summed E-state index contributed by atoms with van der Waals surface area (Å²) < 4.78 is 0. The van der Waals surface area contributed by atoms with Gasteiger partial charge in [-0.15, -0.1) is 11.3 Å². The number of anilines is 2. The van der Waals surface area contributed by atoms with Crippen molar-refractivity contribution in [2.24, 2.45) is 0 Å². The van der Waals surface area contributed by atoms with Crippen molar-refractivity contribution >= 4 is 28.4 Å². The normalized spacial score (nSPS) is 10.3. The highest BCUT2D eigenvalue weighted by Crippen LogP contribution is 2.33. The Morgan fingerprint density at radius 1 is 1.30 bits per heavy atom. The quantitative estimate of drug-likeness (QED) is 0.626. The molecule has 0 aliphatic heterocycles. The Kier molecular flexibility index (Phi) is 4.57. The summed E-state index contributed by atoms with van der Waals surface area (Å²) in [5, 5.41) is 19.3. The second kappa shape index (κ2) is 6.38. The van der Waals surface area contributed by atoms with Crippen LogP contribution in [0.15, 0.2) is 29.6 Å². The third-order valence-electron chi connectivity index (χ3n) is 3.15. The summed E-state index contributed by atoms with van der Waals surface area (Å²) in [5.74, 6) is 0. The lowest BCUT2D eigenvalue weighted by atomic mass is 10.2. The zero-order chi connectivity index (χ0) is 14.5. The minimum absolute atomic E-state index is 0.0876. The minimum atomic E-state index is -0.358. The van der Waals surface area contributed by atoms with E-state index in [0.717, 1.165) is 6.42 Å². The molecule has 1 aromatic carbocycles. The van der Waals surface area contributed by atoms with Gasteiger partial charge in [0.1, 0.15) is 11.4 Å². The van der Waals surface area contributed by atoms with E-state index in [1.54, 1.807) is 36.6 Å². The van der Waals surface area contributed by atoms with E-state index < -0.39 is 0 Å². The van der Waals surface area contributed by atoms with Gasteiger partial charge in [0.2, 0.25) is 0 Å². The zero-order valence-electron chi connectivity index (χ0n) is 11.5. The second-order valence-electron chi connectivity index (χ2n) is 4.28. The van der Waals surface area contributed by atoms with Crippen LogP contribution in [-0.4, -0.2) is 12.0 Å². The molecule has 1 heterocycles. The van der Waals surface area contributed by atoms with Crippen LogP contribution in [0.4, 0.5) is 17.1 Å². The molecule has 2 N–H and O–H groups in total. The molecule has 0 radical (unpaired) electrons. The topological polar surface area (TPSA) is 67.2 Å². The van der Waals surface area contributed by atoms with Crippen molar-refractivity contribution in [1.82, 2.24) is 0 Å². The number of hydrogen-bond acceptors (Lipinski definition) is 5. The molecule has 20 heavy (non-hydrogen) atoms. The van der Waals surface area contributed by atoms with Crippen LogP contribution < -0.4 is 10.6 Å². The van der Waals surface area contributed by atoms with Gasteiger partial charge < -0.3 is 10.6 Å². The first-order chi connectivity index (χ1) is 9.67. The maximum absolute atomic E-state index is 11.2. The van der Waals surface area contributed by atoms with Gasteiger partial charge >= 0.3 is 5.69 Å². The highest BCUT2D eigenvalue weighted by Gasteiger charge is 2.18. The van der Waals surface area contributed by atoms with E-state index in [2.05, 4.69) is 23.6 Å². The van der Waals surface area contributed by atoms with Crippen LogP contribution in [0.25, 0.3) is 0 Å². The summed E-state index contributed by atoms with van der Waals surface area (Å²) in [6.07, 6.45) is 0.971. The lowest BCUT2D eigenvalue weighted by molar-refractivity contribution is -0.383. The van der Waals surface area contributed by atoms with Gasteiger partial charge in [-0.05, 0) is 35.6 Å². The molecule has 0 aliphatic carbocycles. The molecule has 0 aliphatic rings. The second-order valence-corrected chi connectivity index (χ2v) is 5.29. The Labute approximate surface area is 121 Å². The van der Waals surface area contributed by atoms with Crippen molar-refractivity contribution in [3.8, 4) is 0 Å². The predicted molar refractivity (Wildman–Crippen MR) is 83.7 cm³/mol. The number of hydrogen-bond donors (Lipinski definition) is 2. The number of para-hydroxylation sites is 1. The van der Waals surface area contributed by atoms with Crippen LogP contribution >= 0.6 is 11.3 Å². The number of benzene rings is 1. The Balaban J connectivity index is 2.23. The zero-order valence-corrected chi connectivity index (χ0v) is 12.3. The largest absolute Gasteiger partial charge is 0.382 e. The SMILES string of the molecule is CCc1ccsc1CNc1cccc(NC)c1[N+](=O)[O-]. The van der Waals surface area contributed by atoms with Gasteiger partial charge in [0.15, 0.2) is 0 Å². The smallest absolute Gasteiger partial charge is 0.315 e. The van der Waals surface area contributed by atoms with Gasteiger partial charge in [0, 0.05) is 18.5 Å². The molecule has 0 bridgehead atoms. The first kappa shape index (κ1) is 14.3. The fraction of sp³-hybridized carbons (Fsp3) is 0.286. The molecule has 0 atom stereocenters. The molecule has 0 spiro atoms. The third-order valence-corrected chi connectivity index (χ3v) is 4.11. The van der Waals surface area contributed by atoms with Crippen LogP contribution in [0.3, 0.4) is 0 Å². The highest BCUT2D eigenvalue weighted by molar-refractivity contribution is 7.10. The Morgan fingerprint density at radius 2 is 2.05 bits per heavy atom. The lowest BCUT2D eigenvalue weighted by Gasteiger charge is -2.10. The van der Waals surface area contributed by atoms with Crippen molar-refractivity contribution in [3.05, 3.63) is 50.2 Å². The standard InChI is InChI=1S/C14H17N3O2S/c1-3-10-7-8-20-13(10)9-16-12-6-4-5-11(15-2)14(12)17(18)19/h4-8,15-16H,3,9H2,1-2H3. The van der Waals surface area contributed by atoms with Crippen LogP contribution in [-0.2, 0) is 13.0 Å². The molecule has 1 aromatic heterocycles. The van der Waals surface area contributed by atoms with E-state index in [1.807, 2.05) is 5.38 Å². The van der Waals surface area contributed by atoms with Gasteiger partial charge in [-0.2, -0.15) is 0 Å². The van der Waals surface area contributed by atoms with Gasteiger partial charge in [0.25, 0.3) is 0 Å². The van der Waals surface area contributed by atoms with E-state index in [9.17, 15) is 10.1 Å². The van der Waals surface area contributed by atoms with Gasteiger partial charge in [0.05, 0.1) is 4.92 Å². The number of thiophene rings is 1. The fourth-order valence-corrected chi connectivity index (χ4v) is 3.01. The van der Waals surface area contributed by atoms with E-state index >= 15 is 0 Å². The number of nitro benzene ring substituents is 1. The molecule has 106 valence electrons. The summed E-state index contributed by atoms with van der Waals surface area (Å²) in [5.41, 5.74) is 2.43. The molecule has 2 aromatic rings. The molecular weight excluding hydrogens is 274 g/mol. The first-order valence-electron chi connectivity index (χ1n) is 6.41. The van der Waals surface area contributed by atoms with E-state index in [4.69, 9.17) is 0 Å². The molecule has 6 heteroatoms. The monoisotopic (exact) mass is 291 g/mol. The molecule has 0 fully saturated rings. The maximum atomic E-state index is 11.2. The highest BCUT2D eigenvalue weighted by atomic mass is 32.1. The van der Waals surface area contributed by atoms with Crippen molar-refractivity contribution in [2.75, 3.05) is 17.7 Å².